The van der Waals surface area contributed by atoms with E-state index in [9.17, 15) is 0 Å². The first kappa shape index (κ1) is 14.3. The lowest BCUT2D eigenvalue weighted by atomic mass is 9.94. The molecule has 1 saturated heterocycles. The summed E-state index contributed by atoms with van der Waals surface area (Å²) in [6, 6.07) is 0. The van der Waals surface area contributed by atoms with E-state index in [4.69, 9.17) is 5.73 Å². The van der Waals surface area contributed by atoms with E-state index in [1.807, 2.05) is 11.8 Å². The van der Waals surface area contributed by atoms with Crippen LogP contribution in [-0.2, 0) is 0 Å². The van der Waals surface area contributed by atoms with Gasteiger partial charge in [0.25, 0.3) is 0 Å². The van der Waals surface area contributed by atoms with Crippen LogP contribution in [0, 0.1) is 5.92 Å². The zero-order valence-electron chi connectivity index (χ0n) is 11.2. The molecule has 16 heavy (non-hydrogen) atoms. The highest BCUT2D eigenvalue weighted by molar-refractivity contribution is 8.00. The van der Waals surface area contributed by atoms with Crippen molar-refractivity contribution in [3.8, 4) is 0 Å². The lowest BCUT2D eigenvalue weighted by molar-refractivity contribution is 0.171. The molecule has 1 heterocycles. The van der Waals surface area contributed by atoms with Gasteiger partial charge in [0.1, 0.15) is 0 Å². The van der Waals surface area contributed by atoms with Gasteiger partial charge in [-0.2, -0.15) is 11.8 Å². The topological polar surface area (TPSA) is 29.3 Å². The fourth-order valence-electron chi connectivity index (χ4n) is 2.55. The van der Waals surface area contributed by atoms with Crippen molar-refractivity contribution in [1.29, 1.82) is 0 Å². The molecule has 0 atom stereocenters. The minimum Gasteiger partial charge on any atom is -0.329 e. The van der Waals surface area contributed by atoms with Crippen molar-refractivity contribution in [1.82, 2.24) is 4.90 Å². The molecule has 1 aliphatic rings. The van der Waals surface area contributed by atoms with Crippen LogP contribution < -0.4 is 5.73 Å². The fourth-order valence-corrected chi connectivity index (χ4v) is 3.30. The number of nitrogens with two attached hydrogens (primary N) is 1. The first-order chi connectivity index (χ1) is 7.69. The smallest absolute Gasteiger partial charge is 0.0303 e. The van der Waals surface area contributed by atoms with Crippen molar-refractivity contribution in [2.45, 2.75) is 44.3 Å². The van der Waals surface area contributed by atoms with Gasteiger partial charge >= 0.3 is 0 Å². The Morgan fingerprint density at radius 1 is 1.25 bits per heavy atom. The van der Waals surface area contributed by atoms with Gasteiger partial charge in [-0.25, -0.2) is 0 Å². The molecule has 96 valence electrons. The first-order valence-electron chi connectivity index (χ1n) is 6.67. The molecule has 0 aliphatic carbocycles. The summed E-state index contributed by atoms with van der Waals surface area (Å²) in [4.78, 5) is 2.64. The fraction of sp³-hybridized carbons (Fsp3) is 1.00. The molecule has 0 unspecified atom stereocenters. The highest BCUT2D eigenvalue weighted by Gasteiger charge is 2.32. The van der Waals surface area contributed by atoms with E-state index in [1.165, 1.54) is 45.3 Å². The van der Waals surface area contributed by atoms with Crippen molar-refractivity contribution in [3.63, 3.8) is 0 Å². The summed E-state index contributed by atoms with van der Waals surface area (Å²) in [6.45, 7) is 9.24. The van der Waals surface area contributed by atoms with Crippen LogP contribution in [0.25, 0.3) is 0 Å². The molecule has 1 fully saturated rings. The predicted molar refractivity (Wildman–Crippen MR) is 75.0 cm³/mol. The molecular weight excluding hydrogens is 216 g/mol. The lowest BCUT2D eigenvalue weighted by Crippen LogP contribution is -2.47. The van der Waals surface area contributed by atoms with Crippen molar-refractivity contribution in [2.24, 2.45) is 11.7 Å². The number of hydrogen-bond donors (Lipinski definition) is 1. The van der Waals surface area contributed by atoms with E-state index in [0.717, 1.165) is 12.5 Å². The zero-order chi connectivity index (χ0) is 12.0. The molecule has 0 spiro atoms. The molecular formula is C13H28N2S. The van der Waals surface area contributed by atoms with Gasteiger partial charge in [-0.05, 0) is 38.1 Å². The standard InChI is InChI=1S/C13H28N2S/c1-4-12(5-2)10-15-8-6-13(11-14,16-3)7-9-15/h12H,4-11,14H2,1-3H3. The third kappa shape index (κ3) is 3.64. The summed E-state index contributed by atoms with van der Waals surface area (Å²) in [7, 11) is 0. The Morgan fingerprint density at radius 2 is 1.81 bits per heavy atom. The van der Waals surface area contributed by atoms with Crippen LogP contribution >= 0.6 is 11.8 Å². The molecule has 0 saturated carbocycles. The van der Waals surface area contributed by atoms with Gasteiger partial charge in [-0.1, -0.05) is 26.7 Å². The number of nitrogens with zero attached hydrogens (tertiary/aromatic N) is 1. The Labute approximate surface area is 105 Å². The molecule has 2 N–H and O–H groups in total. The Kier molecular flexibility index (Phi) is 6.16. The molecule has 0 aromatic rings. The molecule has 0 aromatic carbocycles. The zero-order valence-corrected chi connectivity index (χ0v) is 12.0. The van der Waals surface area contributed by atoms with Crippen molar-refractivity contribution in [3.05, 3.63) is 0 Å². The molecule has 0 amide bonds. The van der Waals surface area contributed by atoms with Gasteiger partial charge in [-0.3, -0.25) is 0 Å². The second-order valence-corrected chi connectivity index (χ2v) is 6.35. The summed E-state index contributed by atoms with van der Waals surface area (Å²) in [6.07, 6.45) is 7.38. The third-order valence-electron chi connectivity index (χ3n) is 4.24. The molecule has 2 nitrogen and oxygen atoms in total. The van der Waals surface area contributed by atoms with Crippen LogP contribution in [0.1, 0.15) is 39.5 Å². The van der Waals surface area contributed by atoms with E-state index >= 15 is 0 Å². The second kappa shape index (κ2) is 6.87. The summed E-state index contributed by atoms with van der Waals surface area (Å²) in [5, 5.41) is 0. The van der Waals surface area contributed by atoms with Crippen LogP contribution in [0.3, 0.4) is 0 Å². The molecule has 0 bridgehead atoms. The van der Waals surface area contributed by atoms with Crippen LogP contribution in [0.4, 0.5) is 0 Å². The summed E-state index contributed by atoms with van der Waals surface area (Å²) in [5.74, 6) is 0.889. The van der Waals surface area contributed by atoms with Gasteiger partial charge in [-0.15, -0.1) is 0 Å². The largest absolute Gasteiger partial charge is 0.329 e. The molecule has 0 aromatic heterocycles. The maximum atomic E-state index is 5.91. The maximum absolute atomic E-state index is 5.91. The van der Waals surface area contributed by atoms with Gasteiger partial charge in [0.2, 0.25) is 0 Å². The first-order valence-corrected chi connectivity index (χ1v) is 7.89. The second-order valence-electron chi connectivity index (χ2n) is 5.07. The number of piperidine rings is 1. The van der Waals surface area contributed by atoms with E-state index in [-0.39, 0.29) is 0 Å². The minimum absolute atomic E-state index is 0.379. The van der Waals surface area contributed by atoms with Gasteiger partial charge in [0.05, 0.1) is 0 Å². The average Bonchev–Trinajstić information content (AvgIpc) is 2.37. The number of likely N-dealkylation sites (tertiary alicyclic amines) is 1. The normalized spacial score (nSPS) is 21.6. The molecule has 3 heteroatoms. The number of hydrogen-bond acceptors (Lipinski definition) is 3. The molecule has 0 radical (unpaired) electrons. The number of rotatable bonds is 6. The number of thioether (sulfide) groups is 1. The highest BCUT2D eigenvalue weighted by atomic mass is 32.2. The Morgan fingerprint density at radius 3 is 2.19 bits per heavy atom. The van der Waals surface area contributed by atoms with E-state index in [0.29, 0.717) is 4.75 Å². The molecule has 1 rings (SSSR count). The van der Waals surface area contributed by atoms with Crippen LogP contribution in [0.5, 0.6) is 0 Å². The summed E-state index contributed by atoms with van der Waals surface area (Å²) >= 11 is 1.97. The maximum Gasteiger partial charge on any atom is 0.0303 e. The predicted octanol–water partition coefficient (Wildman–Crippen LogP) is 2.58. The molecule has 1 aliphatic heterocycles. The van der Waals surface area contributed by atoms with Crippen molar-refractivity contribution >= 4 is 11.8 Å². The highest BCUT2D eigenvalue weighted by Crippen LogP contribution is 2.33. The van der Waals surface area contributed by atoms with Crippen LogP contribution in [0.15, 0.2) is 0 Å². The van der Waals surface area contributed by atoms with Crippen molar-refractivity contribution in [2.75, 3.05) is 32.4 Å². The van der Waals surface area contributed by atoms with E-state index in [1.54, 1.807) is 0 Å². The van der Waals surface area contributed by atoms with Gasteiger partial charge in [0.15, 0.2) is 0 Å². The summed E-state index contributed by atoms with van der Waals surface area (Å²) in [5.41, 5.74) is 5.91. The van der Waals surface area contributed by atoms with Gasteiger partial charge < -0.3 is 10.6 Å². The Bertz CT molecular complexity index is 178. The lowest BCUT2D eigenvalue weighted by Gasteiger charge is -2.41. The monoisotopic (exact) mass is 244 g/mol. The van der Waals surface area contributed by atoms with E-state index in [2.05, 4.69) is 25.0 Å². The van der Waals surface area contributed by atoms with Crippen LogP contribution in [0.2, 0.25) is 0 Å². The Balaban J connectivity index is 2.36. The SMILES string of the molecule is CCC(CC)CN1CCC(CN)(SC)CC1. The minimum atomic E-state index is 0.379. The Hall–Kier alpha value is 0.270. The van der Waals surface area contributed by atoms with Crippen molar-refractivity contribution < 1.29 is 0 Å². The van der Waals surface area contributed by atoms with Gasteiger partial charge in [0, 0.05) is 17.8 Å². The summed E-state index contributed by atoms with van der Waals surface area (Å²) < 4.78 is 0.379. The third-order valence-corrected chi connectivity index (χ3v) is 5.68. The quantitative estimate of drug-likeness (QED) is 0.779. The van der Waals surface area contributed by atoms with E-state index < -0.39 is 0 Å². The van der Waals surface area contributed by atoms with Crippen LogP contribution in [-0.4, -0.2) is 42.1 Å². The average molecular weight is 244 g/mol.